The molecule has 46 valence electrons. The molecule has 2 N–H and O–H groups in total. The molecule has 0 saturated carbocycles. The highest BCUT2D eigenvalue weighted by atomic mass is 79.9. The summed E-state index contributed by atoms with van der Waals surface area (Å²) in [5.74, 6) is 1.05. The lowest BCUT2D eigenvalue weighted by Crippen LogP contribution is -2.20. The number of hydrogen-bond acceptors (Lipinski definition) is 3. The average Bonchev–Trinajstić information content (AvgIpc) is 1.77. The molecule has 0 bridgehead atoms. The summed E-state index contributed by atoms with van der Waals surface area (Å²) in [5, 5.41) is 0.723. The van der Waals surface area contributed by atoms with Gasteiger partial charge in [-0.1, -0.05) is 27.7 Å². The Labute approximate surface area is 61.1 Å². The normalized spacial score (nSPS) is 29.6. The van der Waals surface area contributed by atoms with Gasteiger partial charge in [-0.25, -0.2) is 0 Å². The molecule has 2 nitrogen and oxygen atoms in total. The summed E-state index contributed by atoms with van der Waals surface area (Å²) >= 11 is 5.04. The van der Waals surface area contributed by atoms with Crippen LogP contribution in [0.4, 0.5) is 0 Å². The maximum Gasteiger partial charge on any atom is 0.153 e. The van der Waals surface area contributed by atoms with Gasteiger partial charge in [0.05, 0.1) is 6.54 Å². The highest BCUT2D eigenvalue weighted by Crippen LogP contribution is 2.14. The van der Waals surface area contributed by atoms with Crippen molar-refractivity contribution < 1.29 is 0 Å². The predicted octanol–water partition coefficient (Wildman–Crippen LogP) is 0.811. The Morgan fingerprint density at radius 2 is 2.62 bits per heavy atom. The van der Waals surface area contributed by atoms with Crippen LogP contribution in [-0.2, 0) is 0 Å². The predicted molar refractivity (Wildman–Crippen MR) is 41.7 cm³/mol. The van der Waals surface area contributed by atoms with Gasteiger partial charge in [0.2, 0.25) is 0 Å². The second kappa shape index (κ2) is 2.73. The number of hydrogen-bond donors (Lipinski definition) is 1. The maximum atomic E-state index is 5.39. The summed E-state index contributed by atoms with van der Waals surface area (Å²) in [6.45, 7) is 0.832. The summed E-state index contributed by atoms with van der Waals surface area (Å²) in [6.07, 6.45) is 0. The van der Waals surface area contributed by atoms with E-state index in [9.17, 15) is 0 Å². The molecule has 1 atom stereocenters. The van der Waals surface area contributed by atoms with Crippen LogP contribution < -0.4 is 5.73 Å². The first-order chi connectivity index (χ1) is 3.79. The SMILES string of the molecule is NC1=NCC(Br)CS1. The summed E-state index contributed by atoms with van der Waals surface area (Å²) in [5.41, 5.74) is 5.39. The van der Waals surface area contributed by atoms with Crippen molar-refractivity contribution in [3.8, 4) is 0 Å². The van der Waals surface area contributed by atoms with E-state index in [1.54, 1.807) is 11.8 Å². The lowest BCUT2D eigenvalue weighted by atomic mass is 10.5. The van der Waals surface area contributed by atoms with Gasteiger partial charge in [-0.15, -0.1) is 0 Å². The lowest BCUT2D eigenvalue weighted by Gasteiger charge is -2.11. The highest BCUT2D eigenvalue weighted by molar-refractivity contribution is 9.09. The molecular weight excluding hydrogens is 188 g/mol. The van der Waals surface area contributed by atoms with Crippen LogP contribution in [0.15, 0.2) is 4.99 Å². The topological polar surface area (TPSA) is 38.4 Å². The van der Waals surface area contributed by atoms with Crippen LogP contribution >= 0.6 is 27.7 Å². The third kappa shape index (κ3) is 1.67. The van der Waals surface area contributed by atoms with Crippen molar-refractivity contribution in [2.45, 2.75) is 4.83 Å². The minimum absolute atomic E-state index is 0.528. The number of nitrogens with zero attached hydrogens (tertiary/aromatic N) is 1. The van der Waals surface area contributed by atoms with E-state index in [1.165, 1.54) is 0 Å². The van der Waals surface area contributed by atoms with Crippen molar-refractivity contribution in [1.82, 2.24) is 0 Å². The Hall–Kier alpha value is 0.300. The Balaban J connectivity index is 2.42. The molecule has 1 rings (SSSR count). The number of aliphatic imine (C=N–C) groups is 1. The van der Waals surface area contributed by atoms with Gasteiger partial charge in [-0.05, 0) is 0 Å². The quantitative estimate of drug-likeness (QED) is 0.581. The van der Waals surface area contributed by atoms with E-state index in [-0.39, 0.29) is 0 Å². The minimum Gasteiger partial charge on any atom is -0.379 e. The van der Waals surface area contributed by atoms with Gasteiger partial charge in [0.25, 0.3) is 0 Å². The Bertz CT molecular complexity index is 115. The van der Waals surface area contributed by atoms with Crippen molar-refractivity contribution in [3.63, 3.8) is 0 Å². The van der Waals surface area contributed by atoms with E-state index in [4.69, 9.17) is 5.73 Å². The van der Waals surface area contributed by atoms with Gasteiger partial charge in [0, 0.05) is 10.6 Å². The van der Waals surface area contributed by atoms with Crippen molar-refractivity contribution in [2.24, 2.45) is 10.7 Å². The van der Waals surface area contributed by atoms with Crippen molar-refractivity contribution in [1.29, 1.82) is 0 Å². The van der Waals surface area contributed by atoms with Crippen molar-refractivity contribution in [3.05, 3.63) is 0 Å². The Morgan fingerprint density at radius 3 is 3.00 bits per heavy atom. The first-order valence-electron chi connectivity index (χ1n) is 2.36. The van der Waals surface area contributed by atoms with E-state index >= 15 is 0 Å². The van der Waals surface area contributed by atoms with Crippen LogP contribution in [-0.4, -0.2) is 22.3 Å². The zero-order valence-electron chi connectivity index (χ0n) is 4.30. The van der Waals surface area contributed by atoms with Gasteiger partial charge in [-0.2, -0.15) is 0 Å². The highest BCUT2D eigenvalue weighted by Gasteiger charge is 2.09. The van der Waals surface area contributed by atoms with E-state index in [2.05, 4.69) is 20.9 Å². The molecule has 0 spiro atoms. The van der Waals surface area contributed by atoms with Gasteiger partial charge in [-0.3, -0.25) is 4.99 Å². The molecule has 0 aliphatic carbocycles. The Kier molecular flexibility index (Phi) is 2.19. The van der Waals surface area contributed by atoms with Gasteiger partial charge in [0.1, 0.15) is 0 Å². The smallest absolute Gasteiger partial charge is 0.153 e. The van der Waals surface area contributed by atoms with Crippen LogP contribution in [0, 0.1) is 0 Å². The molecule has 1 unspecified atom stereocenters. The van der Waals surface area contributed by atoms with E-state index in [0.29, 0.717) is 4.83 Å². The lowest BCUT2D eigenvalue weighted by molar-refractivity contribution is 0.970. The van der Waals surface area contributed by atoms with Crippen LogP contribution in [0.1, 0.15) is 0 Å². The van der Waals surface area contributed by atoms with E-state index < -0.39 is 0 Å². The molecule has 0 amide bonds. The number of nitrogens with two attached hydrogens (primary N) is 1. The van der Waals surface area contributed by atoms with Crippen LogP contribution in [0.3, 0.4) is 0 Å². The number of alkyl halides is 1. The van der Waals surface area contributed by atoms with Crippen molar-refractivity contribution in [2.75, 3.05) is 12.3 Å². The molecule has 0 radical (unpaired) electrons. The minimum atomic E-state index is 0.528. The fraction of sp³-hybridized carbons (Fsp3) is 0.750. The fourth-order valence-corrected chi connectivity index (χ4v) is 1.63. The molecule has 0 fully saturated rings. The third-order valence-corrected chi connectivity index (χ3v) is 2.89. The summed E-state index contributed by atoms with van der Waals surface area (Å²) < 4.78 is 0. The van der Waals surface area contributed by atoms with Crippen LogP contribution in [0.5, 0.6) is 0 Å². The van der Waals surface area contributed by atoms with E-state index in [1.807, 2.05) is 0 Å². The standard InChI is InChI=1S/C4H7BrN2S/c5-3-1-7-4(6)8-2-3/h3H,1-2H2,(H2,6,7). The summed E-state index contributed by atoms with van der Waals surface area (Å²) in [4.78, 5) is 4.55. The first kappa shape index (κ1) is 6.42. The zero-order chi connectivity index (χ0) is 5.98. The van der Waals surface area contributed by atoms with E-state index in [0.717, 1.165) is 17.5 Å². The Morgan fingerprint density at radius 1 is 1.88 bits per heavy atom. The monoisotopic (exact) mass is 194 g/mol. The van der Waals surface area contributed by atoms with Gasteiger partial charge >= 0.3 is 0 Å². The van der Waals surface area contributed by atoms with Crippen molar-refractivity contribution >= 4 is 32.9 Å². The third-order valence-electron chi connectivity index (χ3n) is 0.857. The molecular formula is C4H7BrN2S. The second-order valence-corrected chi connectivity index (χ2v) is 3.92. The summed E-state index contributed by atoms with van der Waals surface area (Å²) in [7, 11) is 0. The molecule has 0 aromatic heterocycles. The van der Waals surface area contributed by atoms with Crippen LogP contribution in [0.2, 0.25) is 0 Å². The molecule has 0 aromatic carbocycles. The second-order valence-electron chi connectivity index (χ2n) is 1.59. The molecule has 0 saturated heterocycles. The molecule has 1 heterocycles. The number of thioether (sulfide) groups is 1. The molecule has 8 heavy (non-hydrogen) atoms. The first-order valence-corrected chi connectivity index (χ1v) is 4.26. The average molecular weight is 195 g/mol. The maximum absolute atomic E-state index is 5.39. The number of rotatable bonds is 0. The summed E-state index contributed by atoms with van der Waals surface area (Å²) in [6, 6.07) is 0. The van der Waals surface area contributed by atoms with Gasteiger partial charge < -0.3 is 5.73 Å². The molecule has 1 aliphatic rings. The fourth-order valence-electron chi connectivity index (χ4n) is 0.463. The number of amidine groups is 1. The van der Waals surface area contributed by atoms with Crippen LogP contribution in [0.25, 0.3) is 0 Å². The largest absolute Gasteiger partial charge is 0.379 e. The zero-order valence-corrected chi connectivity index (χ0v) is 6.70. The number of halogens is 1. The molecule has 1 aliphatic heterocycles. The molecule has 4 heteroatoms. The van der Waals surface area contributed by atoms with Gasteiger partial charge in [0.15, 0.2) is 5.17 Å². The molecule has 0 aromatic rings.